The van der Waals surface area contributed by atoms with Crippen LogP contribution in [0, 0.1) is 0 Å². The monoisotopic (exact) mass is 398 g/mol. The van der Waals surface area contributed by atoms with Gasteiger partial charge in [-0.25, -0.2) is 4.79 Å². The minimum absolute atomic E-state index is 0.0445. The van der Waals surface area contributed by atoms with Gasteiger partial charge in [0.05, 0.1) is 6.04 Å². The molecule has 7 heteroatoms. The molecular weight excluding hydrogens is 372 g/mol. The van der Waals surface area contributed by atoms with Crippen molar-refractivity contribution in [2.45, 2.75) is 45.1 Å². The van der Waals surface area contributed by atoms with Gasteiger partial charge >= 0.3 is 11.9 Å². The molecule has 0 aliphatic rings. The molecule has 0 fully saturated rings. The van der Waals surface area contributed by atoms with Crippen molar-refractivity contribution in [1.82, 2.24) is 5.32 Å². The van der Waals surface area contributed by atoms with E-state index >= 15 is 0 Å². The smallest absolute Gasteiger partial charge is 0.328 e. The number of carbonyl (C=O) groups excluding carboxylic acids is 3. The lowest BCUT2D eigenvalue weighted by Crippen LogP contribution is -2.48. The number of amides is 1. The molecule has 0 aromatic heterocycles. The third-order valence-corrected chi connectivity index (χ3v) is 4.12. The van der Waals surface area contributed by atoms with Crippen molar-refractivity contribution in [3.8, 4) is 0 Å². The fourth-order valence-corrected chi connectivity index (χ4v) is 2.45. The summed E-state index contributed by atoms with van der Waals surface area (Å²) in [6, 6.07) is 16.7. The Labute approximate surface area is 170 Å². The zero-order valence-corrected chi connectivity index (χ0v) is 16.4. The van der Waals surface area contributed by atoms with Gasteiger partial charge in [0.25, 0.3) is 0 Å². The summed E-state index contributed by atoms with van der Waals surface area (Å²) in [6.07, 6.45) is 0.0108. The lowest BCUT2D eigenvalue weighted by atomic mass is 10.1. The van der Waals surface area contributed by atoms with Crippen LogP contribution in [-0.2, 0) is 37.1 Å². The van der Waals surface area contributed by atoms with Gasteiger partial charge in [-0.1, -0.05) is 60.7 Å². The number of carbonyl (C=O) groups is 3. The molecule has 0 aliphatic heterocycles. The number of hydrogen-bond acceptors (Lipinski definition) is 6. The van der Waals surface area contributed by atoms with Gasteiger partial charge in [0.15, 0.2) is 0 Å². The number of rotatable bonds is 10. The Morgan fingerprint density at radius 1 is 0.897 bits per heavy atom. The summed E-state index contributed by atoms with van der Waals surface area (Å²) in [4.78, 5) is 36.4. The lowest BCUT2D eigenvalue weighted by Gasteiger charge is -2.18. The molecule has 0 heterocycles. The van der Waals surface area contributed by atoms with Gasteiger partial charge in [0, 0.05) is 6.42 Å². The Kier molecular flexibility index (Phi) is 8.85. The molecule has 0 spiro atoms. The zero-order chi connectivity index (χ0) is 21.1. The van der Waals surface area contributed by atoms with E-state index in [2.05, 4.69) is 5.32 Å². The number of ether oxygens (including phenoxy) is 2. The van der Waals surface area contributed by atoms with E-state index in [0.29, 0.717) is 0 Å². The van der Waals surface area contributed by atoms with E-state index in [1.54, 1.807) is 0 Å². The van der Waals surface area contributed by atoms with Crippen LogP contribution in [0.2, 0.25) is 0 Å². The minimum atomic E-state index is -0.985. The maximum atomic E-state index is 12.4. The number of hydrogen-bond donors (Lipinski definition) is 2. The van der Waals surface area contributed by atoms with Crippen LogP contribution in [-0.4, -0.2) is 29.9 Å². The van der Waals surface area contributed by atoms with Gasteiger partial charge in [-0.2, -0.15) is 0 Å². The van der Waals surface area contributed by atoms with E-state index in [-0.39, 0.29) is 26.1 Å². The molecule has 2 atom stereocenters. The highest BCUT2D eigenvalue weighted by molar-refractivity contribution is 5.87. The standard InChI is InChI=1S/C22H26N2O5/c1-16(23)21(26)24-19(22(27)29-15-18-10-6-3-7-11-18)12-13-20(25)28-14-17-8-4-2-5-9-17/h2-11,16,19H,12-15,23H2,1H3,(H,24,26)/t16?,19-/m0/s1. The molecule has 1 amide bonds. The van der Waals surface area contributed by atoms with Crippen molar-refractivity contribution in [2.24, 2.45) is 5.73 Å². The molecule has 2 aromatic carbocycles. The number of benzene rings is 2. The molecule has 3 N–H and O–H groups in total. The maximum absolute atomic E-state index is 12.4. The number of nitrogens with two attached hydrogens (primary N) is 1. The van der Waals surface area contributed by atoms with Crippen LogP contribution in [0.4, 0.5) is 0 Å². The van der Waals surface area contributed by atoms with Crippen molar-refractivity contribution in [2.75, 3.05) is 0 Å². The van der Waals surface area contributed by atoms with Crippen LogP contribution in [0.1, 0.15) is 30.9 Å². The largest absolute Gasteiger partial charge is 0.461 e. The average Bonchev–Trinajstić information content (AvgIpc) is 2.74. The van der Waals surface area contributed by atoms with Gasteiger partial charge in [0.1, 0.15) is 19.3 Å². The Morgan fingerprint density at radius 3 is 1.93 bits per heavy atom. The highest BCUT2D eigenvalue weighted by Crippen LogP contribution is 2.08. The Hall–Kier alpha value is -3.19. The summed E-state index contributed by atoms with van der Waals surface area (Å²) in [6.45, 7) is 1.73. The Balaban J connectivity index is 1.87. The predicted octanol–water partition coefficient (Wildman–Crippen LogP) is 2.09. The topological polar surface area (TPSA) is 108 Å². The fraction of sp³-hybridized carbons (Fsp3) is 0.318. The Bertz CT molecular complexity index is 793. The number of esters is 2. The first kappa shape index (κ1) is 22.1. The van der Waals surface area contributed by atoms with Gasteiger partial charge in [-0.3, -0.25) is 9.59 Å². The van der Waals surface area contributed by atoms with E-state index in [9.17, 15) is 14.4 Å². The normalized spacial score (nSPS) is 12.5. The summed E-state index contributed by atoms with van der Waals surface area (Å²) in [5, 5.41) is 2.54. The van der Waals surface area contributed by atoms with Crippen LogP contribution in [0.3, 0.4) is 0 Å². The van der Waals surface area contributed by atoms with Gasteiger partial charge in [-0.15, -0.1) is 0 Å². The highest BCUT2D eigenvalue weighted by Gasteiger charge is 2.25. The second kappa shape index (κ2) is 11.6. The Morgan fingerprint density at radius 2 is 1.41 bits per heavy atom. The SMILES string of the molecule is CC(N)C(=O)N[C@@H](CCC(=O)OCc1ccccc1)C(=O)OCc1ccccc1. The van der Waals surface area contributed by atoms with Crippen molar-refractivity contribution >= 4 is 17.8 Å². The molecule has 0 radical (unpaired) electrons. The van der Waals surface area contributed by atoms with Gasteiger partial charge in [0.2, 0.25) is 5.91 Å². The van der Waals surface area contributed by atoms with Crippen LogP contribution >= 0.6 is 0 Å². The molecule has 0 bridgehead atoms. The lowest BCUT2D eigenvalue weighted by molar-refractivity contribution is -0.150. The number of nitrogens with one attached hydrogen (secondary N) is 1. The fourth-order valence-electron chi connectivity index (χ4n) is 2.45. The van der Waals surface area contributed by atoms with Crippen molar-refractivity contribution in [3.63, 3.8) is 0 Å². The molecule has 154 valence electrons. The van der Waals surface area contributed by atoms with Gasteiger partial charge in [-0.05, 0) is 24.5 Å². The zero-order valence-electron chi connectivity index (χ0n) is 16.4. The summed E-state index contributed by atoms with van der Waals surface area (Å²) in [7, 11) is 0. The molecule has 7 nitrogen and oxygen atoms in total. The van der Waals surface area contributed by atoms with Crippen molar-refractivity contribution in [3.05, 3.63) is 71.8 Å². The maximum Gasteiger partial charge on any atom is 0.328 e. The average molecular weight is 398 g/mol. The van der Waals surface area contributed by atoms with Crippen LogP contribution < -0.4 is 11.1 Å². The highest BCUT2D eigenvalue weighted by atomic mass is 16.5. The van der Waals surface area contributed by atoms with Crippen molar-refractivity contribution < 1.29 is 23.9 Å². The molecule has 2 rings (SSSR count). The van der Waals surface area contributed by atoms with Gasteiger partial charge < -0.3 is 20.5 Å². The first-order valence-corrected chi connectivity index (χ1v) is 9.41. The molecule has 1 unspecified atom stereocenters. The summed E-state index contributed by atoms with van der Waals surface area (Å²) in [5.74, 6) is -1.59. The van der Waals surface area contributed by atoms with E-state index in [1.807, 2.05) is 60.7 Å². The molecule has 0 aliphatic carbocycles. The molecule has 0 saturated carbocycles. The molecule has 0 saturated heterocycles. The summed E-state index contributed by atoms with van der Waals surface area (Å²) >= 11 is 0. The first-order chi connectivity index (χ1) is 14.0. The summed E-state index contributed by atoms with van der Waals surface area (Å²) < 4.78 is 10.5. The minimum Gasteiger partial charge on any atom is -0.461 e. The molecular formula is C22H26N2O5. The predicted molar refractivity (Wildman–Crippen MR) is 107 cm³/mol. The van der Waals surface area contributed by atoms with E-state index < -0.39 is 29.9 Å². The summed E-state index contributed by atoms with van der Waals surface area (Å²) in [5.41, 5.74) is 7.25. The van der Waals surface area contributed by atoms with E-state index in [4.69, 9.17) is 15.2 Å². The first-order valence-electron chi connectivity index (χ1n) is 9.41. The van der Waals surface area contributed by atoms with E-state index in [1.165, 1.54) is 6.92 Å². The third-order valence-electron chi connectivity index (χ3n) is 4.12. The third kappa shape index (κ3) is 8.15. The van der Waals surface area contributed by atoms with E-state index in [0.717, 1.165) is 11.1 Å². The van der Waals surface area contributed by atoms with Crippen LogP contribution in [0.5, 0.6) is 0 Å². The molecule has 2 aromatic rings. The van der Waals surface area contributed by atoms with Crippen LogP contribution in [0.25, 0.3) is 0 Å². The molecule has 29 heavy (non-hydrogen) atoms. The second-order valence-electron chi connectivity index (χ2n) is 6.63. The van der Waals surface area contributed by atoms with Crippen molar-refractivity contribution in [1.29, 1.82) is 0 Å². The van der Waals surface area contributed by atoms with Crippen LogP contribution in [0.15, 0.2) is 60.7 Å². The quantitative estimate of drug-likeness (QED) is 0.594. The second-order valence-corrected chi connectivity index (χ2v) is 6.63.